The summed E-state index contributed by atoms with van der Waals surface area (Å²) in [6.45, 7) is 1.07. The van der Waals surface area contributed by atoms with Crippen molar-refractivity contribution in [3.63, 3.8) is 0 Å². The fraction of sp³-hybridized carbons (Fsp3) is 0.417. The highest BCUT2D eigenvalue weighted by atomic mass is 16.6. The summed E-state index contributed by atoms with van der Waals surface area (Å²) in [5.41, 5.74) is 6.29. The second kappa shape index (κ2) is 5.55. The zero-order chi connectivity index (χ0) is 13.8. The van der Waals surface area contributed by atoms with Crippen LogP contribution in [0.4, 0.5) is 17.1 Å². The van der Waals surface area contributed by atoms with E-state index in [1.54, 1.807) is 6.07 Å². The number of rotatable bonds is 6. The molecule has 2 rings (SSSR count). The van der Waals surface area contributed by atoms with E-state index in [4.69, 9.17) is 5.73 Å². The first-order valence-electron chi connectivity index (χ1n) is 6.13. The van der Waals surface area contributed by atoms with Gasteiger partial charge in [0, 0.05) is 30.8 Å². The lowest BCUT2D eigenvalue weighted by Crippen LogP contribution is -2.29. The number of hydrogen-bond donors (Lipinski definition) is 3. The van der Waals surface area contributed by atoms with Gasteiger partial charge in [-0.15, -0.1) is 0 Å². The third kappa shape index (κ3) is 3.57. The standard InChI is InChI=1S/C12H16N4O3/c13-10-7-9(3-4-11(10)16(18)19)14-5-6-15-12(17)8-1-2-8/h3-4,7-8,14H,1-2,5-6,13H2,(H,15,17). The first-order valence-corrected chi connectivity index (χ1v) is 6.13. The Morgan fingerprint density at radius 2 is 2.16 bits per heavy atom. The van der Waals surface area contributed by atoms with E-state index in [2.05, 4.69) is 10.6 Å². The maximum atomic E-state index is 11.4. The van der Waals surface area contributed by atoms with E-state index in [9.17, 15) is 14.9 Å². The van der Waals surface area contributed by atoms with Gasteiger partial charge in [-0.05, 0) is 25.0 Å². The Morgan fingerprint density at radius 3 is 2.74 bits per heavy atom. The number of amides is 1. The minimum atomic E-state index is -0.519. The minimum absolute atomic E-state index is 0.102. The SMILES string of the molecule is Nc1cc(NCCNC(=O)C2CC2)ccc1[N+](=O)[O-]. The first kappa shape index (κ1) is 13.1. The second-order valence-corrected chi connectivity index (χ2v) is 4.52. The van der Waals surface area contributed by atoms with Crippen LogP contribution in [0.5, 0.6) is 0 Å². The quantitative estimate of drug-likeness (QED) is 0.308. The van der Waals surface area contributed by atoms with Gasteiger partial charge in [0.05, 0.1) is 4.92 Å². The molecule has 7 heteroatoms. The average Bonchev–Trinajstić information content (AvgIpc) is 3.18. The number of nitro benzene ring substituents is 1. The van der Waals surface area contributed by atoms with Gasteiger partial charge in [-0.25, -0.2) is 0 Å². The van der Waals surface area contributed by atoms with Crippen molar-refractivity contribution in [3.8, 4) is 0 Å². The van der Waals surface area contributed by atoms with Crippen LogP contribution in [0, 0.1) is 16.0 Å². The number of nitrogens with zero attached hydrogens (tertiary/aromatic N) is 1. The second-order valence-electron chi connectivity index (χ2n) is 4.52. The van der Waals surface area contributed by atoms with Crippen molar-refractivity contribution >= 4 is 23.0 Å². The fourth-order valence-corrected chi connectivity index (χ4v) is 1.71. The number of nitrogens with two attached hydrogens (primary N) is 1. The summed E-state index contributed by atoms with van der Waals surface area (Å²) >= 11 is 0. The van der Waals surface area contributed by atoms with E-state index in [-0.39, 0.29) is 23.2 Å². The Labute approximate surface area is 110 Å². The summed E-state index contributed by atoms with van der Waals surface area (Å²) in [5, 5.41) is 16.5. The molecule has 1 aliphatic rings. The number of anilines is 2. The van der Waals surface area contributed by atoms with Gasteiger partial charge in [-0.3, -0.25) is 14.9 Å². The predicted octanol–water partition coefficient (Wildman–Crippen LogP) is 1.12. The van der Waals surface area contributed by atoms with Gasteiger partial charge in [0.25, 0.3) is 5.69 Å². The van der Waals surface area contributed by atoms with Crippen LogP contribution in [0.25, 0.3) is 0 Å². The number of nitrogens with one attached hydrogen (secondary N) is 2. The Bertz CT molecular complexity index is 500. The van der Waals surface area contributed by atoms with Crippen LogP contribution >= 0.6 is 0 Å². The summed E-state index contributed by atoms with van der Waals surface area (Å²) in [5.74, 6) is 0.306. The monoisotopic (exact) mass is 264 g/mol. The van der Waals surface area contributed by atoms with Crippen LogP contribution in [-0.4, -0.2) is 23.9 Å². The number of carbonyl (C=O) groups excluding carboxylic acids is 1. The molecule has 7 nitrogen and oxygen atoms in total. The molecule has 102 valence electrons. The number of carbonyl (C=O) groups is 1. The topological polar surface area (TPSA) is 110 Å². The van der Waals surface area contributed by atoms with Crippen LogP contribution < -0.4 is 16.4 Å². The third-order valence-corrected chi connectivity index (χ3v) is 2.93. The number of nitrogen functional groups attached to an aromatic ring is 1. The van der Waals surface area contributed by atoms with E-state index in [0.717, 1.165) is 12.8 Å². The number of hydrogen-bond acceptors (Lipinski definition) is 5. The molecule has 0 saturated heterocycles. The maximum Gasteiger partial charge on any atom is 0.292 e. The molecular weight excluding hydrogens is 248 g/mol. The smallest absolute Gasteiger partial charge is 0.292 e. The van der Waals surface area contributed by atoms with Crippen LogP contribution in [0.2, 0.25) is 0 Å². The fourth-order valence-electron chi connectivity index (χ4n) is 1.71. The Balaban J connectivity index is 1.77. The summed E-state index contributed by atoms with van der Waals surface area (Å²) in [6.07, 6.45) is 1.97. The molecule has 0 radical (unpaired) electrons. The van der Waals surface area contributed by atoms with E-state index in [1.165, 1.54) is 12.1 Å². The summed E-state index contributed by atoms with van der Waals surface area (Å²) in [4.78, 5) is 21.4. The molecule has 4 N–H and O–H groups in total. The lowest BCUT2D eigenvalue weighted by atomic mass is 10.2. The largest absolute Gasteiger partial charge is 0.393 e. The van der Waals surface area contributed by atoms with E-state index >= 15 is 0 Å². The van der Waals surface area contributed by atoms with Crippen LogP contribution in [0.1, 0.15) is 12.8 Å². The molecule has 1 aromatic carbocycles. The molecule has 1 saturated carbocycles. The molecule has 0 unspecified atom stereocenters. The van der Waals surface area contributed by atoms with Gasteiger partial charge in [-0.1, -0.05) is 0 Å². The van der Waals surface area contributed by atoms with Crippen LogP contribution in [0.15, 0.2) is 18.2 Å². The number of nitro groups is 1. The molecular formula is C12H16N4O3. The molecule has 1 fully saturated rings. The first-order chi connectivity index (χ1) is 9.08. The molecule has 19 heavy (non-hydrogen) atoms. The summed E-state index contributed by atoms with van der Waals surface area (Å²) < 4.78 is 0. The molecule has 0 bridgehead atoms. The van der Waals surface area contributed by atoms with Gasteiger partial charge in [0.15, 0.2) is 0 Å². The zero-order valence-electron chi connectivity index (χ0n) is 10.4. The molecule has 0 aromatic heterocycles. The highest BCUT2D eigenvalue weighted by molar-refractivity contribution is 5.80. The molecule has 0 aliphatic heterocycles. The van der Waals surface area contributed by atoms with Crippen molar-refractivity contribution in [3.05, 3.63) is 28.3 Å². The van der Waals surface area contributed by atoms with Crippen molar-refractivity contribution in [1.82, 2.24) is 5.32 Å². The summed E-state index contributed by atoms with van der Waals surface area (Å²) in [7, 11) is 0. The third-order valence-electron chi connectivity index (χ3n) is 2.93. The van der Waals surface area contributed by atoms with Gasteiger partial charge >= 0.3 is 0 Å². The maximum absolute atomic E-state index is 11.4. The summed E-state index contributed by atoms with van der Waals surface area (Å²) in [6, 6.07) is 4.47. The molecule has 1 aromatic rings. The van der Waals surface area contributed by atoms with Crippen LogP contribution in [0.3, 0.4) is 0 Å². The normalized spacial score (nSPS) is 13.9. The Morgan fingerprint density at radius 1 is 1.42 bits per heavy atom. The van der Waals surface area contributed by atoms with Gasteiger partial charge < -0.3 is 16.4 Å². The van der Waals surface area contributed by atoms with Crippen molar-refractivity contribution in [2.75, 3.05) is 24.1 Å². The van der Waals surface area contributed by atoms with Gasteiger partial charge in [0.2, 0.25) is 5.91 Å². The van der Waals surface area contributed by atoms with Gasteiger partial charge in [0.1, 0.15) is 5.69 Å². The number of benzene rings is 1. The van der Waals surface area contributed by atoms with Crippen molar-refractivity contribution in [2.24, 2.45) is 5.92 Å². The highest BCUT2D eigenvalue weighted by Crippen LogP contribution is 2.28. The molecule has 0 heterocycles. The lowest BCUT2D eigenvalue weighted by Gasteiger charge is -2.08. The van der Waals surface area contributed by atoms with E-state index in [0.29, 0.717) is 18.8 Å². The molecule has 0 spiro atoms. The van der Waals surface area contributed by atoms with Crippen molar-refractivity contribution < 1.29 is 9.72 Å². The Hall–Kier alpha value is -2.31. The predicted molar refractivity (Wildman–Crippen MR) is 71.7 cm³/mol. The van der Waals surface area contributed by atoms with Crippen molar-refractivity contribution in [1.29, 1.82) is 0 Å². The Kier molecular flexibility index (Phi) is 3.84. The molecule has 1 amide bonds. The van der Waals surface area contributed by atoms with E-state index in [1.807, 2.05) is 0 Å². The molecule has 0 atom stereocenters. The average molecular weight is 264 g/mol. The van der Waals surface area contributed by atoms with Gasteiger partial charge in [-0.2, -0.15) is 0 Å². The minimum Gasteiger partial charge on any atom is -0.393 e. The van der Waals surface area contributed by atoms with Crippen molar-refractivity contribution in [2.45, 2.75) is 12.8 Å². The molecule has 1 aliphatic carbocycles. The zero-order valence-corrected chi connectivity index (χ0v) is 10.4. The lowest BCUT2D eigenvalue weighted by molar-refractivity contribution is -0.383. The highest BCUT2D eigenvalue weighted by Gasteiger charge is 2.28. The van der Waals surface area contributed by atoms with Crippen LogP contribution in [-0.2, 0) is 4.79 Å². The van der Waals surface area contributed by atoms with E-state index < -0.39 is 4.92 Å².